The van der Waals surface area contributed by atoms with Crippen LogP contribution < -0.4 is 10.1 Å². The Morgan fingerprint density at radius 1 is 1.32 bits per heavy atom. The molecule has 0 unspecified atom stereocenters. The molecule has 1 aliphatic rings. The van der Waals surface area contributed by atoms with Crippen LogP contribution in [0.1, 0.15) is 35.4 Å². The van der Waals surface area contributed by atoms with E-state index in [9.17, 15) is 4.79 Å². The van der Waals surface area contributed by atoms with Crippen molar-refractivity contribution in [2.75, 3.05) is 7.11 Å². The highest BCUT2D eigenvalue weighted by Gasteiger charge is 2.21. The molecule has 5 nitrogen and oxygen atoms in total. The maximum Gasteiger partial charge on any atom is 0.261 e. The molecule has 2 aromatic heterocycles. The zero-order valence-corrected chi connectivity index (χ0v) is 15.2. The molecule has 4 rings (SSSR count). The lowest BCUT2D eigenvalue weighted by atomic mass is 10.1. The van der Waals surface area contributed by atoms with Crippen LogP contribution in [0, 0.1) is 0 Å². The number of hydrogen-bond donors (Lipinski definition) is 1. The van der Waals surface area contributed by atoms with Crippen LogP contribution in [0.5, 0.6) is 5.75 Å². The van der Waals surface area contributed by atoms with Gasteiger partial charge >= 0.3 is 0 Å². The number of benzene rings is 1. The highest BCUT2D eigenvalue weighted by molar-refractivity contribution is 7.20. The Morgan fingerprint density at radius 2 is 2.12 bits per heavy atom. The van der Waals surface area contributed by atoms with E-state index in [0.717, 1.165) is 44.9 Å². The van der Waals surface area contributed by atoms with Gasteiger partial charge in [0, 0.05) is 24.0 Å². The number of methoxy groups -OCH3 is 1. The molecular weight excluding hydrogens is 334 g/mol. The zero-order chi connectivity index (χ0) is 17.4. The Hall–Kier alpha value is -2.34. The topological polar surface area (TPSA) is 56.2 Å². The average molecular weight is 355 g/mol. The molecule has 0 saturated heterocycles. The lowest BCUT2D eigenvalue weighted by molar-refractivity contribution is 0.0942. The summed E-state index contributed by atoms with van der Waals surface area (Å²) >= 11 is 1.50. The molecule has 0 bridgehead atoms. The van der Waals surface area contributed by atoms with Gasteiger partial charge in [-0.1, -0.05) is 25.0 Å². The molecule has 1 fully saturated rings. The number of nitrogens with one attached hydrogen (secondary N) is 1. The molecule has 0 radical (unpaired) electrons. The number of thiophene rings is 1. The minimum Gasteiger partial charge on any atom is -0.497 e. The van der Waals surface area contributed by atoms with Crippen molar-refractivity contribution in [3.63, 3.8) is 0 Å². The standard InChI is InChI=1S/C19H21N3O2S/c1-22-19-15(17(21-22)12-6-5-9-14(10-12)24-2)11-16(25-19)18(23)20-13-7-3-4-8-13/h5-6,9-11,13H,3-4,7-8H2,1-2H3,(H,20,23). The summed E-state index contributed by atoms with van der Waals surface area (Å²) in [5, 5.41) is 8.82. The summed E-state index contributed by atoms with van der Waals surface area (Å²) in [7, 11) is 3.57. The van der Waals surface area contributed by atoms with Crippen LogP contribution in [0.25, 0.3) is 21.5 Å². The Bertz CT molecular complexity index is 922. The Morgan fingerprint density at radius 3 is 2.88 bits per heavy atom. The summed E-state index contributed by atoms with van der Waals surface area (Å²) in [5.41, 5.74) is 1.87. The molecular formula is C19H21N3O2S. The number of aromatic nitrogens is 2. The first kappa shape index (κ1) is 16.1. The van der Waals surface area contributed by atoms with Gasteiger partial charge in [-0.3, -0.25) is 9.48 Å². The second-order valence-corrected chi connectivity index (χ2v) is 7.52. The molecule has 6 heteroatoms. The number of ether oxygens (including phenoxy) is 1. The summed E-state index contributed by atoms with van der Waals surface area (Å²) in [4.78, 5) is 14.3. The molecule has 1 aromatic carbocycles. The van der Waals surface area contributed by atoms with Gasteiger partial charge in [-0.25, -0.2) is 0 Å². The highest BCUT2D eigenvalue weighted by Crippen LogP contribution is 2.35. The van der Waals surface area contributed by atoms with Crippen LogP contribution in [-0.4, -0.2) is 28.8 Å². The van der Waals surface area contributed by atoms with Crippen LogP contribution >= 0.6 is 11.3 Å². The van der Waals surface area contributed by atoms with E-state index in [0.29, 0.717) is 6.04 Å². The summed E-state index contributed by atoms with van der Waals surface area (Å²) in [5.74, 6) is 0.829. The number of aryl methyl sites for hydroxylation is 1. The molecule has 1 saturated carbocycles. The van der Waals surface area contributed by atoms with E-state index in [1.807, 2.05) is 42.1 Å². The monoisotopic (exact) mass is 355 g/mol. The van der Waals surface area contributed by atoms with Crippen molar-refractivity contribution in [3.05, 3.63) is 35.2 Å². The molecule has 3 aromatic rings. The van der Waals surface area contributed by atoms with Crippen molar-refractivity contribution < 1.29 is 9.53 Å². The molecule has 0 spiro atoms. The molecule has 2 heterocycles. The second kappa shape index (κ2) is 6.52. The fourth-order valence-corrected chi connectivity index (χ4v) is 4.44. The van der Waals surface area contributed by atoms with Gasteiger partial charge in [0.2, 0.25) is 0 Å². The maximum absolute atomic E-state index is 12.6. The highest BCUT2D eigenvalue weighted by atomic mass is 32.1. The van der Waals surface area contributed by atoms with E-state index in [1.54, 1.807) is 7.11 Å². The van der Waals surface area contributed by atoms with E-state index < -0.39 is 0 Å². The third-order valence-corrected chi connectivity index (χ3v) is 5.97. The van der Waals surface area contributed by atoms with Gasteiger partial charge in [-0.2, -0.15) is 5.10 Å². The van der Waals surface area contributed by atoms with Gasteiger partial charge in [-0.05, 0) is 31.0 Å². The summed E-state index contributed by atoms with van der Waals surface area (Å²) in [6.45, 7) is 0. The lowest BCUT2D eigenvalue weighted by Gasteiger charge is -2.10. The molecule has 1 N–H and O–H groups in total. The largest absolute Gasteiger partial charge is 0.497 e. The fourth-order valence-electron chi connectivity index (χ4n) is 3.46. The van der Waals surface area contributed by atoms with Crippen molar-refractivity contribution in [3.8, 4) is 17.0 Å². The smallest absolute Gasteiger partial charge is 0.261 e. The molecule has 0 aliphatic heterocycles. The number of carbonyl (C=O) groups is 1. The molecule has 1 aliphatic carbocycles. The van der Waals surface area contributed by atoms with Crippen LogP contribution in [0.4, 0.5) is 0 Å². The van der Waals surface area contributed by atoms with Crippen LogP contribution in [0.2, 0.25) is 0 Å². The number of hydrogen-bond acceptors (Lipinski definition) is 4. The average Bonchev–Trinajstić information content (AvgIpc) is 3.33. The normalized spacial score (nSPS) is 15.0. The number of carbonyl (C=O) groups excluding carboxylic acids is 1. The van der Waals surface area contributed by atoms with Crippen molar-refractivity contribution in [1.82, 2.24) is 15.1 Å². The van der Waals surface area contributed by atoms with Gasteiger partial charge in [0.25, 0.3) is 5.91 Å². The Balaban J connectivity index is 1.69. The van der Waals surface area contributed by atoms with E-state index in [-0.39, 0.29) is 5.91 Å². The number of rotatable bonds is 4. The number of amides is 1. The first-order valence-corrected chi connectivity index (χ1v) is 9.39. The second-order valence-electron chi connectivity index (χ2n) is 6.49. The maximum atomic E-state index is 12.6. The van der Waals surface area contributed by atoms with E-state index in [2.05, 4.69) is 10.4 Å². The van der Waals surface area contributed by atoms with E-state index in [4.69, 9.17) is 4.74 Å². The quantitative estimate of drug-likeness (QED) is 0.770. The van der Waals surface area contributed by atoms with Gasteiger partial charge in [0.05, 0.1) is 12.0 Å². The van der Waals surface area contributed by atoms with E-state index in [1.165, 1.54) is 24.2 Å². The van der Waals surface area contributed by atoms with Crippen LogP contribution in [0.3, 0.4) is 0 Å². The van der Waals surface area contributed by atoms with Crippen molar-refractivity contribution >= 4 is 27.5 Å². The first-order chi connectivity index (χ1) is 12.2. The SMILES string of the molecule is COc1cccc(-c2nn(C)c3sc(C(=O)NC4CCCC4)cc23)c1. The number of nitrogens with zero attached hydrogens (tertiary/aromatic N) is 2. The summed E-state index contributed by atoms with van der Waals surface area (Å²) in [6.07, 6.45) is 4.60. The Labute approximate surface area is 150 Å². The lowest BCUT2D eigenvalue weighted by Crippen LogP contribution is -2.31. The van der Waals surface area contributed by atoms with Gasteiger partial charge in [0.15, 0.2) is 0 Å². The zero-order valence-electron chi connectivity index (χ0n) is 14.4. The van der Waals surface area contributed by atoms with Gasteiger partial charge in [-0.15, -0.1) is 11.3 Å². The minimum atomic E-state index is 0.0321. The third kappa shape index (κ3) is 3.02. The minimum absolute atomic E-state index is 0.0321. The predicted molar refractivity (Wildman–Crippen MR) is 100 cm³/mol. The van der Waals surface area contributed by atoms with Crippen molar-refractivity contribution in [2.45, 2.75) is 31.7 Å². The molecule has 0 atom stereocenters. The predicted octanol–water partition coefficient (Wildman–Crippen LogP) is 3.98. The fraction of sp³-hybridized carbons (Fsp3) is 0.368. The van der Waals surface area contributed by atoms with Gasteiger partial charge < -0.3 is 10.1 Å². The molecule has 25 heavy (non-hydrogen) atoms. The third-order valence-electron chi connectivity index (χ3n) is 4.77. The summed E-state index contributed by atoms with van der Waals surface area (Å²) < 4.78 is 7.17. The van der Waals surface area contributed by atoms with Crippen LogP contribution in [-0.2, 0) is 7.05 Å². The van der Waals surface area contributed by atoms with E-state index >= 15 is 0 Å². The van der Waals surface area contributed by atoms with Gasteiger partial charge in [0.1, 0.15) is 16.3 Å². The van der Waals surface area contributed by atoms with Crippen LogP contribution in [0.15, 0.2) is 30.3 Å². The summed E-state index contributed by atoms with van der Waals surface area (Å²) in [6, 6.07) is 10.1. The Kier molecular flexibility index (Phi) is 4.21. The molecule has 1 amide bonds. The first-order valence-electron chi connectivity index (χ1n) is 8.57. The molecule has 130 valence electrons. The number of fused-ring (bicyclic) bond motifs is 1. The van der Waals surface area contributed by atoms with Crippen molar-refractivity contribution in [2.24, 2.45) is 7.05 Å². The van der Waals surface area contributed by atoms with Crippen molar-refractivity contribution in [1.29, 1.82) is 0 Å².